The average Bonchev–Trinajstić information content (AvgIpc) is 2.24. The quantitative estimate of drug-likeness (QED) is 0.568. The Balaban J connectivity index is 2.10. The number of allylic oxidation sites excluding steroid dienone is 1. The first-order valence-electron chi connectivity index (χ1n) is 5.21. The van der Waals surface area contributed by atoms with Gasteiger partial charge >= 0.3 is 0 Å². The van der Waals surface area contributed by atoms with Gasteiger partial charge in [0.15, 0.2) is 5.78 Å². The Morgan fingerprint density at radius 3 is 2.73 bits per heavy atom. The number of hydrogen-bond acceptors (Lipinski definition) is 2. The monoisotopic (exact) mass is 203 g/mol. The summed E-state index contributed by atoms with van der Waals surface area (Å²) >= 11 is 0. The average molecular weight is 203 g/mol. The van der Waals surface area contributed by atoms with Gasteiger partial charge in [-0.3, -0.25) is 4.79 Å². The van der Waals surface area contributed by atoms with Gasteiger partial charge in [0.25, 0.3) is 0 Å². The van der Waals surface area contributed by atoms with E-state index in [4.69, 9.17) is 0 Å². The van der Waals surface area contributed by atoms with Crippen LogP contribution in [0.25, 0.3) is 0 Å². The molecule has 0 bridgehead atoms. The van der Waals surface area contributed by atoms with Crippen LogP contribution in [0.4, 0.5) is 0 Å². The number of benzene rings is 1. The Hall–Kier alpha value is -1.41. The van der Waals surface area contributed by atoms with E-state index in [9.17, 15) is 4.79 Å². The zero-order valence-corrected chi connectivity index (χ0v) is 9.07. The largest absolute Gasteiger partial charge is 0.312 e. The molecule has 1 aromatic carbocycles. The number of hydrogen-bond donors (Lipinski definition) is 1. The molecule has 1 rings (SSSR count). The van der Waals surface area contributed by atoms with Gasteiger partial charge in [-0.15, -0.1) is 0 Å². The third kappa shape index (κ3) is 5.81. The lowest BCUT2D eigenvalue weighted by atomic mass is 10.2. The van der Waals surface area contributed by atoms with Gasteiger partial charge in [0.05, 0.1) is 0 Å². The van der Waals surface area contributed by atoms with Crippen molar-refractivity contribution in [3.63, 3.8) is 0 Å². The molecule has 0 radical (unpaired) electrons. The predicted molar refractivity (Wildman–Crippen MR) is 62.6 cm³/mol. The third-order valence-electron chi connectivity index (χ3n) is 2.01. The highest BCUT2D eigenvalue weighted by atomic mass is 16.1. The second-order valence-corrected chi connectivity index (χ2v) is 3.46. The molecular weight excluding hydrogens is 186 g/mol. The second-order valence-electron chi connectivity index (χ2n) is 3.46. The number of carbonyl (C=O) groups is 1. The molecule has 0 aromatic heterocycles. The number of ketones is 1. The number of nitrogens with one attached hydrogen (secondary N) is 1. The first kappa shape index (κ1) is 11.7. The van der Waals surface area contributed by atoms with E-state index in [1.54, 1.807) is 13.0 Å². The molecule has 1 N–H and O–H groups in total. The summed E-state index contributed by atoms with van der Waals surface area (Å²) < 4.78 is 0. The third-order valence-corrected chi connectivity index (χ3v) is 2.01. The summed E-state index contributed by atoms with van der Waals surface area (Å²) in [5, 5.41) is 3.31. The van der Waals surface area contributed by atoms with Gasteiger partial charge in [0, 0.05) is 6.54 Å². The van der Waals surface area contributed by atoms with Crippen LogP contribution in [0.15, 0.2) is 42.5 Å². The minimum Gasteiger partial charge on any atom is -0.312 e. The summed E-state index contributed by atoms with van der Waals surface area (Å²) in [6, 6.07) is 10.3. The molecule has 0 spiro atoms. The second kappa shape index (κ2) is 6.96. The van der Waals surface area contributed by atoms with Gasteiger partial charge < -0.3 is 5.32 Å². The Morgan fingerprint density at radius 2 is 2.07 bits per heavy atom. The SMILES string of the molecule is CC(=O)/C=C/CCNCc1ccccc1. The molecule has 0 heterocycles. The molecule has 1 aromatic rings. The van der Waals surface area contributed by atoms with Crippen molar-refractivity contribution in [2.45, 2.75) is 19.9 Å². The maximum absolute atomic E-state index is 10.6. The predicted octanol–water partition coefficient (Wildman–Crippen LogP) is 2.31. The molecule has 2 nitrogen and oxygen atoms in total. The van der Waals surface area contributed by atoms with Gasteiger partial charge in [-0.05, 0) is 31.5 Å². The summed E-state index contributed by atoms with van der Waals surface area (Å²) in [7, 11) is 0. The highest BCUT2D eigenvalue weighted by molar-refractivity contribution is 5.87. The molecule has 0 aliphatic heterocycles. The van der Waals surface area contributed by atoms with E-state index in [-0.39, 0.29) is 5.78 Å². The fraction of sp³-hybridized carbons (Fsp3) is 0.308. The Kier molecular flexibility index (Phi) is 5.41. The van der Waals surface area contributed by atoms with E-state index in [1.165, 1.54) is 5.56 Å². The van der Waals surface area contributed by atoms with Crippen LogP contribution >= 0.6 is 0 Å². The Morgan fingerprint density at radius 1 is 1.33 bits per heavy atom. The molecule has 0 atom stereocenters. The van der Waals surface area contributed by atoms with E-state index >= 15 is 0 Å². The van der Waals surface area contributed by atoms with E-state index < -0.39 is 0 Å². The van der Waals surface area contributed by atoms with E-state index in [2.05, 4.69) is 17.4 Å². The summed E-state index contributed by atoms with van der Waals surface area (Å²) in [6.45, 7) is 3.35. The molecule has 15 heavy (non-hydrogen) atoms. The van der Waals surface area contributed by atoms with Crippen molar-refractivity contribution in [3.05, 3.63) is 48.0 Å². The normalized spacial score (nSPS) is 10.7. The van der Waals surface area contributed by atoms with Gasteiger partial charge in [-0.1, -0.05) is 36.4 Å². The molecule has 0 saturated carbocycles. The first-order valence-corrected chi connectivity index (χ1v) is 5.21. The minimum atomic E-state index is 0.109. The number of rotatable bonds is 6. The van der Waals surface area contributed by atoms with Crippen molar-refractivity contribution in [1.82, 2.24) is 5.32 Å². The lowest BCUT2D eigenvalue weighted by Crippen LogP contribution is -2.13. The van der Waals surface area contributed by atoms with Gasteiger partial charge in [0.2, 0.25) is 0 Å². The van der Waals surface area contributed by atoms with Gasteiger partial charge in [-0.2, -0.15) is 0 Å². The zero-order valence-electron chi connectivity index (χ0n) is 9.07. The summed E-state index contributed by atoms with van der Waals surface area (Å²) in [4.78, 5) is 10.6. The standard InChI is InChI=1S/C13H17NO/c1-12(15)7-5-6-10-14-11-13-8-3-2-4-9-13/h2-5,7-9,14H,6,10-11H2,1H3/b7-5+. The van der Waals surface area contributed by atoms with Crippen LogP contribution in [-0.2, 0) is 11.3 Å². The topological polar surface area (TPSA) is 29.1 Å². The van der Waals surface area contributed by atoms with Gasteiger partial charge in [0.1, 0.15) is 0 Å². The van der Waals surface area contributed by atoms with Crippen molar-refractivity contribution in [3.8, 4) is 0 Å². The molecule has 2 heteroatoms. The number of carbonyl (C=O) groups excluding carboxylic acids is 1. The summed E-state index contributed by atoms with van der Waals surface area (Å²) in [5.74, 6) is 0.109. The van der Waals surface area contributed by atoms with Crippen molar-refractivity contribution in [1.29, 1.82) is 0 Å². The van der Waals surface area contributed by atoms with Gasteiger partial charge in [-0.25, -0.2) is 0 Å². The molecule has 0 unspecified atom stereocenters. The van der Waals surface area contributed by atoms with Crippen molar-refractivity contribution in [2.75, 3.05) is 6.54 Å². The fourth-order valence-electron chi connectivity index (χ4n) is 1.26. The highest BCUT2D eigenvalue weighted by Crippen LogP contribution is 1.96. The first-order chi connectivity index (χ1) is 7.29. The van der Waals surface area contributed by atoms with Crippen LogP contribution in [-0.4, -0.2) is 12.3 Å². The molecule has 0 amide bonds. The van der Waals surface area contributed by atoms with Crippen LogP contribution in [0, 0.1) is 0 Å². The van der Waals surface area contributed by atoms with Crippen LogP contribution in [0.5, 0.6) is 0 Å². The van der Waals surface area contributed by atoms with Crippen LogP contribution in [0.1, 0.15) is 18.9 Å². The van der Waals surface area contributed by atoms with Crippen molar-refractivity contribution in [2.24, 2.45) is 0 Å². The lowest BCUT2D eigenvalue weighted by Gasteiger charge is -2.02. The molecule has 0 aliphatic rings. The van der Waals surface area contributed by atoms with E-state index in [0.29, 0.717) is 0 Å². The Labute approximate surface area is 91.0 Å². The molecule has 0 fully saturated rings. The molecule has 80 valence electrons. The summed E-state index contributed by atoms with van der Waals surface area (Å²) in [5.41, 5.74) is 1.29. The summed E-state index contributed by atoms with van der Waals surface area (Å²) in [6.07, 6.45) is 4.41. The Bertz CT molecular complexity index is 317. The van der Waals surface area contributed by atoms with Crippen molar-refractivity contribution < 1.29 is 4.79 Å². The van der Waals surface area contributed by atoms with E-state index in [1.807, 2.05) is 24.3 Å². The van der Waals surface area contributed by atoms with Crippen LogP contribution in [0.2, 0.25) is 0 Å². The zero-order chi connectivity index (χ0) is 10.9. The minimum absolute atomic E-state index is 0.109. The maximum Gasteiger partial charge on any atom is 0.152 e. The molecular formula is C13H17NO. The molecule has 0 aliphatic carbocycles. The van der Waals surface area contributed by atoms with Crippen LogP contribution < -0.4 is 5.32 Å². The molecule has 0 saturated heterocycles. The van der Waals surface area contributed by atoms with E-state index in [0.717, 1.165) is 19.5 Å². The van der Waals surface area contributed by atoms with Crippen LogP contribution in [0.3, 0.4) is 0 Å². The van der Waals surface area contributed by atoms with Crippen molar-refractivity contribution >= 4 is 5.78 Å². The fourth-order valence-corrected chi connectivity index (χ4v) is 1.26. The maximum atomic E-state index is 10.6. The smallest absolute Gasteiger partial charge is 0.152 e. The highest BCUT2D eigenvalue weighted by Gasteiger charge is 1.89. The lowest BCUT2D eigenvalue weighted by molar-refractivity contribution is -0.112.